The van der Waals surface area contributed by atoms with Crippen molar-refractivity contribution in [3.8, 4) is 0 Å². The molecule has 0 fully saturated rings. The summed E-state index contributed by atoms with van der Waals surface area (Å²) in [5, 5.41) is 7.43. The molecule has 0 saturated carbocycles. The van der Waals surface area contributed by atoms with Crippen molar-refractivity contribution in [1.82, 2.24) is 15.1 Å². The largest absolute Gasteiger partial charge is 0.465 e. The van der Waals surface area contributed by atoms with E-state index >= 15 is 0 Å². The number of benzene rings is 1. The highest BCUT2D eigenvalue weighted by Crippen LogP contribution is 2.06. The summed E-state index contributed by atoms with van der Waals surface area (Å²) in [5.74, 6) is -0.310. The van der Waals surface area contributed by atoms with Crippen LogP contribution < -0.4 is 5.32 Å². The molecule has 1 heterocycles. The first kappa shape index (κ1) is 13.3. The average Bonchev–Trinajstić information content (AvgIpc) is 2.84. The van der Waals surface area contributed by atoms with Gasteiger partial charge in [-0.25, -0.2) is 4.79 Å². The van der Waals surface area contributed by atoms with E-state index in [1.165, 1.54) is 7.11 Å². The Bertz CT molecular complexity index is 546. The lowest BCUT2D eigenvalue weighted by Gasteiger charge is -2.04. The highest BCUT2D eigenvalue weighted by atomic mass is 16.5. The van der Waals surface area contributed by atoms with E-state index in [2.05, 4.69) is 15.2 Å². The van der Waals surface area contributed by atoms with E-state index in [1.807, 2.05) is 31.6 Å². The van der Waals surface area contributed by atoms with Gasteiger partial charge in [-0.2, -0.15) is 5.10 Å². The van der Waals surface area contributed by atoms with Gasteiger partial charge in [0.1, 0.15) is 0 Å². The molecule has 1 N–H and O–H groups in total. The molecule has 1 aromatic carbocycles. The number of methoxy groups -OCH3 is 1. The summed E-state index contributed by atoms with van der Waals surface area (Å²) >= 11 is 0. The zero-order valence-electron chi connectivity index (χ0n) is 11.1. The quantitative estimate of drug-likeness (QED) is 0.827. The highest BCUT2D eigenvalue weighted by Gasteiger charge is 2.04. The average molecular weight is 259 g/mol. The van der Waals surface area contributed by atoms with Crippen molar-refractivity contribution in [3.05, 3.63) is 53.3 Å². The molecule has 0 aliphatic carbocycles. The lowest BCUT2D eigenvalue weighted by Crippen LogP contribution is -2.12. The Balaban J connectivity index is 1.84. The highest BCUT2D eigenvalue weighted by molar-refractivity contribution is 5.89. The van der Waals surface area contributed by atoms with Crippen molar-refractivity contribution < 1.29 is 9.53 Å². The van der Waals surface area contributed by atoms with Crippen molar-refractivity contribution in [3.63, 3.8) is 0 Å². The number of ether oxygens (including phenoxy) is 1. The van der Waals surface area contributed by atoms with E-state index in [9.17, 15) is 4.79 Å². The number of hydrogen-bond acceptors (Lipinski definition) is 4. The van der Waals surface area contributed by atoms with Crippen LogP contribution in [-0.2, 0) is 24.9 Å². The zero-order chi connectivity index (χ0) is 13.7. The van der Waals surface area contributed by atoms with E-state index in [4.69, 9.17) is 0 Å². The summed E-state index contributed by atoms with van der Waals surface area (Å²) in [5.41, 5.74) is 2.84. The summed E-state index contributed by atoms with van der Waals surface area (Å²) in [7, 11) is 3.28. The molecule has 0 aliphatic rings. The maximum atomic E-state index is 11.3. The number of aryl methyl sites for hydroxylation is 1. The third-order valence-electron chi connectivity index (χ3n) is 2.79. The minimum Gasteiger partial charge on any atom is -0.465 e. The van der Waals surface area contributed by atoms with Crippen molar-refractivity contribution in [2.24, 2.45) is 7.05 Å². The first-order valence-corrected chi connectivity index (χ1v) is 6.04. The molecule has 0 spiro atoms. The summed E-state index contributed by atoms with van der Waals surface area (Å²) in [6.45, 7) is 1.52. The molecule has 5 heteroatoms. The van der Waals surface area contributed by atoms with Crippen LogP contribution in [0.25, 0.3) is 0 Å². The molecule has 100 valence electrons. The Hall–Kier alpha value is -2.14. The van der Waals surface area contributed by atoms with Gasteiger partial charge in [0, 0.05) is 31.9 Å². The molecule has 0 aliphatic heterocycles. The monoisotopic (exact) mass is 259 g/mol. The molecular formula is C14H17N3O2. The molecule has 0 atom stereocenters. The van der Waals surface area contributed by atoms with Gasteiger partial charge in [-0.05, 0) is 17.7 Å². The van der Waals surface area contributed by atoms with Crippen LogP contribution in [0.1, 0.15) is 21.5 Å². The Labute approximate surface area is 112 Å². The van der Waals surface area contributed by atoms with Gasteiger partial charge in [0.05, 0.1) is 18.9 Å². The van der Waals surface area contributed by atoms with Crippen LogP contribution in [0.15, 0.2) is 36.7 Å². The first-order valence-electron chi connectivity index (χ1n) is 6.04. The van der Waals surface area contributed by atoms with E-state index in [0.29, 0.717) is 5.56 Å². The Kier molecular flexibility index (Phi) is 4.30. The minimum absolute atomic E-state index is 0.310. The van der Waals surface area contributed by atoms with E-state index in [0.717, 1.165) is 24.2 Å². The molecule has 2 aromatic rings. The molecule has 0 saturated heterocycles. The fourth-order valence-electron chi connectivity index (χ4n) is 1.79. The topological polar surface area (TPSA) is 56.1 Å². The van der Waals surface area contributed by atoms with Crippen molar-refractivity contribution >= 4 is 5.97 Å². The van der Waals surface area contributed by atoms with Crippen LogP contribution in [0.5, 0.6) is 0 Å². The number of aromatic nitrogens is 2. The second-order valence-corrected chi connectivity index (χ2v) is 4.31. The Morgan fingerprint density at radius 2 is 1.95 bits per heavy atom. The van der Waals surface area contributed by atoms with Crippen molar-refractivity contribution in [2.75, 3.05) is 7.11 Å². The smallest absolute Gasteiger partial charge is 0.337 e. The van der Waals surface area contributed by atoms with Crippen molar-refractivity contribution in [1.29, 1.82) is 0 Å². The summed E-state index contributed by atoms with van der Waals surface area (Å²) < 4.78 is 6.43. The lowest BCUT2D eigenvalue weighted by atomic mass is 10.1. The normalized spacial score (nSPS) is 10.4. The maximum absolute atomic E-state index is 11.3. The number of rotatable bonds is 5. The summed E-state index contributed by atoms with van der Waals surface area (Å²) in [4.78, 5) is 11.3. The summed E-state index contributed by atoms with van der Waals surface area (Å²) in [6.07, 6.45) is 3.82. The molecule has 2 rings (SSSR count). The fraction of sp³-hybridized carbons (Fsp3) is 0.286. The third-order valence-corrected chi connectivity index (χ3v) is 2.79. The summed E-state index contributed by atoms with van der Waals surface area (Å²) in [6, 6.07) is 7.38. The predicted octanol–water partition coefficient (Wildman–Crippen LogP) is 1.50. The van der Waals surface area contributed by atoms with Gasteiger partial charge in [-0.15, -0.1) is 0 Å². The predicted molar refractivity (Wildman–Crippen MR) is 71.5 cm³/mol. The van der Waals surface area contributed by atoms with Gasteiger partial charge < -0.3 is 10.1 Å². The lowest BCUT2D eigenvalue weighted by molar-refractivity contribution is 0.0600. The minimum atomic E-state index is -0.310. The van der Waals surface area contributed by atoms with Gasteiger partial charge in [0.25, 0.3) is 0 Å². The Morgan fingerprint density at radius 3 is 2.53 bits per heavy atom. The first-order chi connectivity index (χ1) is 9.19. The number of hydrogen-bond donors (Lipinski definition) is 1. The SMILES string of the molecule is COC(=O)c1ccc(CNCc2cnn(C)c2)cc1. The second kappa shape index (κ2) is 6.15. The standard InChI is InChI=1S/C14H17N3O2/c1-17-10-12(9-16-17)8-15-7-11-3-5-13(6-4-11)14(18)19-2/h3-6,9-10,15H,7-8H2,1-2H3. The molecule has 1 aromatic heterocycles. The van der Waals surface area contributed by atoms with Gasteiger partial charge >= 0.3 is 5.97 Å². The second-order valence-electron chi connectivity index (χ2n) is 4.31. The van der Waals surface area contributed by atoms with Gasteiger partial charge in [0.2, 0.25) is 0 Å². The van der Waals surface area contributed by atoms with Crippen molar-refractivity contribution in [2.45, 2.75) is 13.1 Å². The van der Waals surface area contributed by atoms with Crippen LogP contribution in [0.4, 0.5) is 0 Å². The van der Waals surface area contributed by atoms with Gasteiger partial charge in [0.15, 0.2) is 0 Å². The molecule has 5 nitrogen and oxygen atoms in total. The number of esters is 1. The van der Waals surface area contributed by atoms with E-state index in [-0.39, 0.29) is 5.97 Å². The molecule has 0 radical (unpaired) electrons. The number of carbonyl (C=O) groups is 1. The molecule has 19 heavy (non-hydrogen) atoms. The maximum Gasteiger partial charge on any atom is 0.337 e. The number of nitrogens with zero attached hydrogens (tertiary/aromatic N) is 2. The van der Waals surface area contributed by atoms with Crippen LogP contribution in [-0.4, -0.2) is 22.9 Å². The molecule has 0 amide bonds. The van der Waals surface area contributed by atoms with Crippen LogP contribution >= 0.6 is 0 Å². The molecule has 0 unspecified atom stereocenters. The van der Waals surface area contributed by atoms with Crippen LogP contribution in [0, 0.1) is 0 Å². The zero-order valence-corrected chi connectivity index (χ0v) is 11.1. The Morgan fingerprint density at radius 1 is 1.26 bits per heavy atom. The van der Waals surface area contributed by atoms with Crippen LogP contribution in [0.3, 0.4) is 0 Å². The fourth-order valence-corrected chi connectivity index (χ4v) is 1.79. The van der Waals surface area contributed by atoms with Crippen LogP contribution in [0.2, 0.25) is 0 Å². The van der Waals surface area contributed by atoms with Gasteiger partial charge in [-0.3, -0.25) is 4.68 Å². The molecule has 0 bridgehead atoms. The third kappa shape index (κ3) is 3.66. The van der Waals surface area contributed by atoms with Gasteiger partial charge in [-0.1, -0.05) is 12.1 Å². The molecular weight excluding hydrogens is 242 g/mol. The number of carbonyl (C=O) groups excluding carboxylic acids is 1. The van der Waals surface area contributed by atoms with E-state index < -0.39 is 0 Å². The van der Waals surface area contributed by atoms with E-state index in [1.54, 1.807) is 16.8 Å². The number of nitrogens with one attached hydrogen (secondary N) is 1.